The molecule has 0 bridgehead atoms. The van der Waals surface area contributed by atoms with Gasteiger partial charge in [0.2, 0.25) is 0 Å². The minimum absolute atomic E-state index is 0.0449. The number of benzene rings is 2. The number of hydrogen-bond acceptors (Lipinski definition) is 2. The SMILES string of the molecule is COc1cccc(NC(=S)Nc2cc(C(F)(F)F)ccc2F)c1. The van der Waals surface area contributed by atoms with E-state index in [0.717, 1.165) is 6.07 Å². The smallest absolute Gasteiger partial charge is 0.416 e. The van der Waals surface area contributed by atoms with Crippen LogP contribution in [0.25, 0.3) is 0 Å². The van der Waals surface area contributed by atoms with Crippen molar-refractivity contribution in [3.05, 3.63) is 53.8 Å². The zero-order valence-electron chi connectivity index (χ0n) is 11.9. The fourth-order valence-corrected chi connectivity index (χ4v) is 2.01. The first kappa shape index (κ1) is 17.0. The van der Waals surface area contributed by atoms with Gasteiger partial charge in [0, 0.05) is 11.8 Å². The summed E-state index contributed by atoms with van der Waals surface area (Å²) in [5, 5.41) is 5.11. The summed E-state index contributed by atoms with van der Waals surface area (Å²) in [4.78, 5) is 0. The van der Waals surface area contributed by atoms with Gasteiger partial charge in [0.25, 0.3) is 0 Å². The minimum atomic E-state index is -4.56. The molecular formula is C15H12F4N2OS. The van der Waals surface area contributed by atoms with Crippen molar-refractivity contribution in [1.82, 2.24) is 0 Å². The summed E-state index contributed by atoms with van der Waals surface area (Å²) in [7, 11) is 1.49. The Hall–Kier alpha value is -2.35. The Morgan fingerprint density at radius 2 is 1.83 bits per heavy atom. The molecule has 0 heterocycles. The third-order valence-electron chi connectivity index (χ3n) is 2.87. The van der Waals surface area contributed by atoms with Crippen molar-refractivity contribution in [3.8, 4) is 5.75 Å². The molecule has 0 amide bonds. The summed E-state index contributed by atoms with van der Waals surface area (Å²) in [5.41, 5.74) is -0.778. The first-order valence-corrected chi connectivity index (χ1v) is 6.79. The number of methoxy groups -OCH3 is 1. The van der Waals surface area contributed by atoms with E-state index in [2.05, 4.69) is 10.6 Å². The topological polar surface area (TPSA) is 33.3 Å². The van der Waals surface area contributed by atoms with Crippen molar-refractivity contribution < 1.29 is 22.3 Å². The lowest BCUT2D eigenvalue weighted by molar-refractivity contribution is -0.137. The second-order valence-electron chi connectivity index (χ2n) is 4.50. The number of nitrogens with one attached hydrogen (secondary N) is 2. The van der Waals surface area contributed by atoms with Gasteiger partial charge in [-0.25, -0.2) is 4.39 Å². The Bertz CT molecular complexity index is 719. The molecule has 0 aliphatic carbocycles. The average molecular weight is 344 g/mol. The van der Waals surface area contributed by atoms with Crippen LogP contribution in [0.2, 0.25) is 0 Å². The highest BCUT2D eigenvalue weighted by molar-refractivity contribution is 7.80. The maximum absolute atomic E-state index is 13.6. The summed E-state index contributed by atoms with van der Waals surface area (Å²) in [5.74, 6) is -0.268. The molecule has 2 rings (SSSR count). The molecule has 0 saturated carbocycles. The monoisotopic (exact) mass is 344 g/mol. The summed E-state index contributed by atoms with van der Waals surface area (Å²) in [6, 6.07) is 8.80. The molecule has 0 spiro atoms. The van der Waals surface area contributed by atoms with Gasteiger partial charge >= 0.3 is 6.18 Å². The highest BCUT2D eigenvalue weighted by Crippen LogP contribution is 2.31. The van der Waals surface area contributed by atoms with Gasteiger partial charge in [0.1, 0.15) is 11.6 Å². The zero-order valence-corrected chi connectivity index (χ0v) is 12.7. The molecule has 0 atom stereocenters. The van der Waals surface area contributed by atoms with Crippen molar-refractivity contribution in [3.63, 3.8) is 0 Å². The molecular weight excluding hydrogens is 332 g/mol. The third kappa shape index (κ3) is 4.56. The number of anilines is 2. The predicted molar refractivity (Wildman–Crippen MR) is 84.2 cm³/mol. The predicted octanol–water partition coefficient (Wildman–Crippen LogP) is 4.66. The maximum atomic E-state index is 13.6. The van der Waals surface area contributed by atoms with Crippen molar-refractivity contribution >= 4 is 28.7 Å². The second-order valence-corrected chi connectivity index (χ2v) is 4.91. The molecule has 0 radical (unpaired) electrons. The van der Waals surface area contributed by atoms with Gasteiger partial charge in [-0.3, -0.25) is 0 Å². The van der Waals surface area contributed by atoms with E-state index in [1.807, 2.05) is 0 Å². The number of alkyl halides is 3. The van der Waals surface area contributed by atoms with Crippen LogP contribution in [0.5, 0.6) is 5.75 Å². The fraction of sp³-hybridized carbons (Fsp3) is 0.133. The van der Waals surface area contributed by atoms with Crippen LogP contribution in [0, 0.1) is 5.82 Å². The fourth-order valence-electron chi connectivity index (χ4n) is 1.78. The first-order valence-electron chi connectivity index (χ1n) is 6.38. The van der Waals surface area contributed by atoms with Crippen molar-refractivity contribution in [2.24, 2.45) is 0 Å². The molecule has 0 aliphatic rings. The molecule has 122 valence electrons. The Morgan fingerprint density at radius 1 is 1.09 bits per heavy atom. The van der Waals surface area contributed by atoms with Crippen LogP contribution in [-0.4, -0.2) is 12.2 Å². The van der Waals surface area contributed by atoms with Crippen LogP contribution in [0.3, 0.4) is 0 Å². The van der Waals surface area contributed by atoms with Crippen LogP contribution >= 0.6 is 12.2 Å². The third-order valence-corrected chi connectivity index (χ3v) is 3.07. The molecule has 0 saturated heterocycles. The van der Waals surface area contributed by atoms with Gasteiger partial charge in [0.15, 0.2) is 5.11 Å². The van der Waals surface area contributed by atoms with E-state index in [4.69, 9.17) is 17.0 Å². The molecule has 2 aromatic carbocycles. The number of hydrogen-bond donors (Lipinski definition) is 2. The van der Waals surface area contributed by atoms with Crippen LogP contribution in [0.15, 0.2) is 42.5 Å². The van der Waals surface area contributed by atoms with Crippen molar-refractivity contribution in [1.29, 1.82) is 0 Å². The molecule has 0 aliphatic heterocycles. The van der Waals surface area contributed by atoms with Crippen LogP contribution in [0.4, 0.5) is 28.9 Å². The summed E-state index contributed by atoms with van der Waals surface area (Å²) < 4.78 is 56.6. The molecule has 2 N–H and O–H groups in total. The van der Waals surface area contributed by atoms with Gasteiger partial charge in [-0.1, -0.05) is 6.07 Å². The Morgan fingerprint density at radius 3 is 2.48 bits per heavy atom. The molecule has 2 aromatic rings. The van der Waals surface area contributed by atoms with E-state index in [-0.39, 0.29) is 10.8 Å². The standard InChI is InChI=1S/C15H12F4N2OS/c1-22-11-4-2-3-10(8-11)20-14(23)21-13-7-9(15(17,18)19)5-6-12(13)16/h2-8H,1H3,(H2,20,21,23). The average Bonchev–Trinajstić information content (AvgIpc) is 2.48. The second kappa shape index (κ2) is 6.82. The van der Waals surface area contributed by atoms with Gasteiger partial charge in [-0.05, 0) is 42.5 Å². The highest BCUT2D eigenvalue weighted by Gasteiger charge is 2.31. The normalized spacial score (nSPS) is 11.0. The molecule has 23 heavy (non-hydrogen) atoms. The minimum Gasteiger partial charge on any atom is -0.497 e. The lowest BCUT2D eigenvalue weighted by Crippen LogP contribution is -2.20. The Labute approximate surface area is 135 Å². The summed E-state index contributed by atoms with van der Waals surface area (Å²) in [6.45, 7) is 0. The number of halogens is 4. The van der Waals surface area contributed by atoms with E-state index in [1.54, 1.807) is 24.3 Å². The van der Waals surface area contributed by atoms with E-state index in [0.29, 0.717) is 23.6 Å². The highest BCUT2D eigenvalue weighted by atomic mass is 32.1. The number of ether oxygens (including phenoxy) is 1. The van der Waals surface area contributed by atoms with Gasteiger partial charge in [-0.2, -0.15) is 13.2 Å². The van der Waals surface area contributed by atoms with Gasteiger partial charge < -0.3 is 15.4 Å². The van der Waals surface area contributed by atoms with Crippen LogP contribution < -0.4 is 15.4 Å². The number of rotatable bonds is 3. The molecule has 3 nitrogen and oxygen atoms in total. The summed E-state index contributed by atoms with van der Waals surface area (Å²) >= 11 is 4.98. The van der Waals surface area contributed by atoms with Crippen molar-refractivity contribution in [2.75, 3.05) is 17.7 Å². The van der Waals surface area contributed by atoms with Crippen molar-refractivity contribution in [2.45, 2.75) is 6.18 Å². The molecule has 8 heteroatoms. The van der Waals surface area contributed by atoms with E-state index >= 15 is 0 Å². The molecule has 0 aromatic heterocycles. The molecule has 0 unspecified atom stereocenters. The lowest BCUT2D eigenvalue weighted by Gasteiger charge is -2.14. The quantitative estimate of drug-likeness (QED) is 0.627. The Kier molecular flexibility index (Phi) is 5.05. The lowest BCUT2D eigenvalue weighted by atomic mass is 10.2. The summed E-state index contributed by atoms with van der Waals surface area (Å²) in [6.07, 6.45) is -4.56. The van der Waals surface area contributed by atoms with Gasteiger partial charge in [-0.15, -0.1) is 0 Å². The first-order chi connectivity index (χ1) is 10.8. The maximum Gasteiger partial charge on any atom is 0.416 e. The number of thiocarbonyl (C=S) groups is 1. The Balaban J connectivity index is 2.13. The van der Waals surface area contributed by atoms with Crippen LogP contribution in [-0.2, 0) is 6.18 Å². The van der Waals surface area contributed by atoms with Gasteiger partial charge in [0.05, 0.1) is 18.4 Å². The largest absolute Gasteiger partial charge is 0.497 e. The van der Waals surface area contributed by atoms with E-state index < -0.39 is 17.6 Å². The molecule has 0 fully saturated rings. The van der Waals surface area contributed by atoms with Crippen LogP contribution in [0.1, 0.15) is 5.56 Å². The van der Waals surface area contributed by atoms with E-state index in [1.165, 1.54) is 7.11 Å². The zero-order chi connectivity index (χ0) is 17.0. The van der Waals surface area contributed by atoms with E-state index in [9.17, 15) is 17.6 Å².